The largest absolute Gasteiger partial charge is 0.496 e. The zero-order valence-electron chi connectivity index (χ0n) is 13.4. The van der Waals surface area contributed by atoms with Crippen LogP contribution in [0.25, 0.3) is 0 Å². The van der Waals surface area contributed by atoms with Gasteiger partial charge in [-0.3, -0.25) is 0 Å². The van der Waals surface area contributed by atoms with Gasteiger partial charge in [-0.15, -0.1) is 0 Å². The van der Waals surface area contributed by atoms with Crippen LogP contribution < -0.4 is 10.1 Å². The first kappa shape index (κ1) is 15.6. The van der Waals surface area contributed by atoms with E-state index in [1.807, 2.05) is 6.07 Å². The van der Waals surface area contributed by atoms with Crippen molar-refractivity contribution in [3.05, 3.63) is 64.7 Å². The molecule has 2 aromatic rings. The predicted molar refractivity (Wildman–Crippen MR) is 88.8 cm³/mol. The molecular weight excluding hydrogens is 258 g/mol. The van der Waals surface area contributed by atoms with E-state index in [4.69, 9.17) is 4.74 Å². The van der Waals surface area contributed by atoms with E-state index in [0.29, 0.717) is 6.04 Å². The normalized spacial score (nSPS) is 12.2. The van der Waals surface area contributed by atoms with Crippen LogP contribution in [0.3, 0.4) is 0 Å². The molecule has 0 saturated carbocycles. The fourth-order valence-electron chi connectivity index (χ4n) is 2.48. The molecule has 0 aromatic heterocycles. The van der Waals surface area contributed by atoms with E-state index in [1.54, 1.807) is 7.11 Å². The van der Waals surface area contributed by atoms with Crippen molar-refractivity contribution >= 4 is 0 Å². The van der Waals surface area contributed by atoms with Gasteiger partial charge in [0.05, 0.1) is 7.11 Å². The minimum absolute atomic E-state index is 0.346. The fourth-order valence-corrected chi connectivity index (χ4v) is 2.48. The van der Waals surface area contributed by atoms with Gasteiger partial charge in [0.25, 0.3) is 0 Å². The lowest BCUT2D eigenvalue weighted by Crippen LogP contribution is -2.18. The number of nitrogens with one attached hydrogen (secondary N) is 1. The van der Waals surface area contributed by atoms with Crippen LogP contribution in [0.5, 0.6) is 5.75 Å². The number of hydrogen-bond donors (Lipinski definition) is 1. The number of rotatable bonds is 6. The van der Waals surface area contributed by atoms with Crippen molar-refractivity contribution in [2.24, 2.45) is 0 Å². The second kappa shape index (κ2) is 7.28. The molecule has 0 saturated heterocycles. The Hall–Kier alpha value is -1.80. The van der Waals surface area contributed by atoms with Crippen molar-refractivity contribution in [2.45, 2.75) is 39.8 Å². The molecule has 0 heterocycles. The molecule has 2 nitrogen and oxygen atoms in total. The summed E-state index contributed by atoms with van der Waals surface area (Å²) in [5.74, 6) is 0.946. The third-order valence-electron chi connectivity index (χ3n) is 3.96. The summed E-state index contributed by atoms with van der Waals surface area (Å²) >= 11 is 0. The topological polar surface area (TPSA) is 21.3 Å². The maximum Gasteiger partial charge on any atom is 0.121 e. The van der Waals surface area contributed by atoms with Gasteiger partial charge in [0.1, 0.15) is 5.75 Å². The molecule has 0 aliphatic carbocycles. The number of hydrogen-bond acceptors (Lipinski definition) is 2. The Kier molecular flexibility index (Phi) is 5.40. The molecule has 0 spiro atoms. The molecule has 2 rings (SSSR count). The SMILES string of the molecule is CCc1ccc(C(C)NCc2ccc(OC)c(C)c2)cc1. The average molecular weight is 283 g/mol. The molecule has 112 valence electrons. The molecule has 2 heteroatoms. The average Bonchev–Trinajstić information content (AvgIpc) is 2.52. The summed E-state index contributed by atoms with van der Waals surface area (Å²) in [5, 5.41) is 3.58. The van der Waals surface area contributed by atoms with Gasteiger partial charge in [-0.1, -0.05) is 43.3 Å². The van der Waals surface area contributed by atoms with Crippen molar-refractivity contribution in [2.75, 3.05) is 7.11 Å². The van der Waals surface area contributed by atoms with Gasteiger partial charge in [-0.25, -0.2) is 0 Å². The molecule has 1 unspecified atom stereocenters. The Morgan fingerprint density at radius 3 is 2.29 bits per heavy atom. The molecule has 0 radical (unpaired) electrons. The zero-order valence-corrected chi connectivity index (χ0v) is 13.4. The molecule has 2 aromatic carbocycles. The Labute approximate surface area is 128 Å². The van der Waals surface area contributed by atoms with E-state index in [9.17, 15) is 0 Å². The summed E-state index contributed by atoms with van der Waals surface area (Å²) in [7, 11) is 1.71. The predicted octanol–water partition coefficient (Wildman–Crippen LogP) is 4.42. The van der Waals surface area contributed by atoms with Crippen molar-refractivity contribution < 1.29 is 4.74 Å². The lowest BCUT2D eigenvalue weighted by atomic mass is 10.0. The van der Waals surface area contributed by atoms with Crippen molar-refractivity contribution in [1.29, 1.82) is 0 Å². The minimum atomic E-state index is 0.346. The van der Waals surface area contributed by atoms with Crippen LogP contribution in [0, 0.1) is 6.92 Å². The number of methoxy groups -OCH3 is 1. The van der Waals surface area contributed by atoms with Crippen LogP contribution >= 0.6 is 0 Å². The van der Waals surface area contributed by atoms with Crippen LogP contribution in [0.4, 0.5) is 0 Å². The molecule has 0 amide bonds. The van der Waals surface area contributed by atoms with E-state index in [2.05, 4.69) is 62.5 Å². The van der Waals surface area contributed by atoms with Crippen LogP contribution in [0.1, 0.15) is 42.1 Å². The van der Waals surface area contributed by atoms with Crippen molar-refractivity contribution in [1.82, 2.24) is 5.32 Å². The molecular formula is C19H25NO. The molecule has 0 aliphatic rings. The third kappa shape index (κ3) is 4.08. The van der Waals surface area contributed by atoms with Gasteiger partial charge in [-0.2, -0.15) is 0 Å². The van der Waals surface area contributed by atoms with Crippen LogP contribution in [0.15, 0.2) is 42.5 Å². The van der Waals surface area contributed by atoms with Crippen molar-refractivity contribution in [3.8, 4) is 5.75 Å². The molecule has 0 fully saturated rings. The van der Waals surface area contributed by atoms with Crippen LogP contribution in [0.2, 0.25) is 0 Å². The highest BCUT2D eigenvalue weighted by Gasteiger charge is 2.06. The third-order valence-corrected chi connectivity index (χ3v) is 3.96. The second-order valence-electron chi connectivity index (χ2n) is 5.50. The Balaban J connectivity index is 1.96. The summed E-state index contributed by atoms with van der Waals surface area (Å²) in [6, 6.07) is 15.5. The maximum atomic E-state index is 5.30. The summed E-state index contributed by atoms with van der Waals surface area (Å²) < 4.78 is 5.30. The highest BCUT2D eigenvalue weighted by molar-refractivity contribution is 5.36. The lowest BCUT2D eigenvalue weighted by molar-refractivity contribution is 0.411. The summed E-state index contributed by atoms with van der Waals surface area (Å²) in [5.41, 5.74) is 5.18. The first-order valence-electron chi connectivity index (χ1n) is 7.59. The smallest absolute Gasteiger partial charge is 0.121 e. The molecule has 1 atom stereocenters. The number of aryl methyl sites for hydroxylation is 2. The monoisotopic (exact) mass is 283 g/mol. The van der Waals surface area contributed by atoms with Gasteiger partial charge in [-0.05, 0) is 48.6 Å². The van der Waals surface area contributed by atoms with Gasteiger partial charge in [0, 0.05) is 12.6 Å². The quantitative estimate of drug-likeness (QED) is 0.847. The molecule has 21 heavy (non-hydrogen) atoms. The first-order valence-corrected chi connectivity index (χ1v) is 7.59. The summed E-state index contributed by atoms with van der Waals surface area (Å²) in [4.78, 5) is 0. The molecule has 0 aliphatic heterocycles. The first-order chi connectivity index (χ1) is 10.1. The lowest BCUT2D eigenvalue weighted by Gasteiger charge is -2.15. The number of ether oxygens (including phenoxy) is 1. The highest BCUT2D eigenvalue weighted by atomic mass is 16.5. The minimum Gasteiger partial charge on any atom is -0.496 e. The Morgan fingerprint density at radius 1 is 1.05 bits per heavy atom. The zero-order chi connectivity index (χ0) is 15.2. The summed E-state index contributed by atoms with van der Waals surface area (Å²) in [6.45, 7) is 7.33. The second-order valence-corrected chi connectivity index (χ2v) is 5.50. The van der Waals surface area contributed by atoms with E-state index < -0.39 is 0 Å². The highest BCUT2D eigenvalue weighted by Crippen LogP contribution is 2.19. The van der Waals surface area contributed by atoms with Crippen molar-refractivity contribution in [3.63, 3.8) is 0 Å². The van der Waals surface area contributed by atoms with E-state index in [1.165, 1.54) is 22.3 Å². The Bertz CT molecular complexity index is 575. The van der Waals surface area contributed by atoms with Crippen LogP contribution in [-0.2, 0) is 13.0 Å². The van der Waals surface area contributed by atoms with E-state index >= 15 is 0 Å². The van der Waals surface area contributed by atoms with Gasteiger partial charge in [0.15, 0.2) is 0 Å². The molecule has 1 N–H and O–H groups in total. The van der Waals surface area contributed by atoms with E-state index in [0.717, 1.165) is 18.7 Å². The fraction of sp³-hybridized carbons (Fsp3) is 0.368. The Morgan fingerprint density at radius 2 is 1.71 bits per heavy atom. The molecule has 0 bridgehead atoms. The summed E-state index contributed by atoms with van der Waals surface area (Å²) in [6.07, 6.45) is 1.09. The standard InChI is InChI=1S/C19H25NO/c1-5-16-6-9-18(10-7-16)15(3)20-13-17-8-11-19(21-4)14(2)12-17/h6-12,15,20H,5,13H2,1-4H3. The maximum absolute atomic E-state index is 5.30. The van der Waals surface area contributed by atoms with E-state index in [-0.39, 0.29) is 0 Å². The number of benzene rings is 2. The van der Waals surface area contributed by atoms with Gasteiger partial charge < -0.3 is 10.1 Å². The van der Waals surface area contributed by atoms with Gasteiger partial charge >= 0.3 is 0 Å². The van der Waals surface area contributed by atoms with Crippen LogP contribution in [-0.4, -0.2) is 7.11 Å². The van der Waals surface area contributed by atoms with Gasteiger partial charge in [0.2, 0.25) is 0 Å².